The van der Waals surface area contributed by atoms with E-state index in [0.717, 1.165) is 12.8 Å². The van der Waals surface area contributed by atoms with E-state index in [4.69, 9.17) is 15.2 Å². The minimum atomic E-state index is -3.64. The molecule has 1 aliphatic rings. The van der Waals surface area contributed by atoms with Crippen LogP contribution in [0.3, 0.4) is 0 Å². The van der Waals surface area contributed by atoms with Crippen LogP contribution in [0.1, 0.15) is 19.8 Å². The van der Waals surface area contributed by atoms with Crippen molar-refractivity contribution in [1.29, 1.82) is 0 Å². The number of anilines is 1. The van der Waals surface area contributed by atoms with Gasteiger partial charge in [-0.15, -0.1) is 0 Å². The van der Waals surface area contributed by atoms with Crippen LogP contribution in [0.2, 0.25) is 0 Å². The van der Waals surface area contributed by atoms with E-state index in [1.165, 1.54) is 26.4 Å². The summed E-state index contributed by atoms with van der Waals surface area (Å²) in [6, 6.07) is 2.83. The van der Waals surface area contributed by atoms with Crippen molar-refractivity contribution in [2.75, 3.05) is 20.0 Å². The molecule has 0 bridgehead atoms. The molecule has 20 heavy (non-hydrogen) atoms. The van der Waals surface area contributed by atoms with Crippen molar-refractivity contribution in [2.24, 2.45) is 5.92 Å². The van der Waals surface area contributed by atoms with Crippen molar-refractivity contribution in [3.63, 3.8) is 0 Å². The Hall–Kier alpha value is -1.47. The van der Waals surface area contributed by atoms with Crippen molar-refractivity contribution in [3.05, 3.63) is 12.1 Å². The lowest BCUT2D eigenvalue weighted by Gasteiger charge is -2.33. The Morgan fingerprint density at radius 1 is 1.20 bits per heavy atom. The second-order valence-electron chi connectivity index (χ2n) is 5.14. The highest BCUT2D eigenvalue weighted by atomic mass is 32.2. The summed E-state index contributed by atoms with van der Waals surface area (Å²) in [4.78, 5) is 0.0397. The fourth-order valence-corrected chi connectivity index (χ4v) is 3.83. The van der Waals surface area contributed by atoms with Gasteiger partial charge in [-0.25, -0.2) is 13.1 Å². The smallest absolute Gasteiger partial charge is 0.244 e. The van der Waals surface area contributed by atoms with Crippen LogP contribution >= 0.6 is 0 Å². The molecule has 1 fully saturated rings. The van der Waals surface area contributed by atoms with Crippen LogP contribution in [0.4, 0.5) is 5.69 Å². The molecule has 1 aliphatic carbocycles. The van der Waals surface area contributed by atoms with Gasteiger partial charge in [0.25, 0.3) is 0 Å². The molecule has 0 unspecified atom stereocenters. The van der Waals surface area contributed by atoms with Gasteiger partial charge in [0.2, 0.25) is 10.0 Å². The Bertz CT molecular complexity index is 595. The van der Waals surface area contributed by atoms with Crippen LogP contribution in [0.5, 0.6) is 11.5 Å². The lowest BCUT2D eigenvalue weighted by molar-refractivity contribution is 0.270. The Morgan fingerprint density at radius 2 is 1.80 bits per heavy atom. The molecule has 7 heteroatoms. The number of nitrogen functional groups attached to an aromatic ring is 1. The highest BCUT2D eigenvalue weighted by Crippen LogP contribution is 2.35. The van der Waals surface area contributed by atoms with Gasteiger partial charge in [-0.05, 0) is 24.8 Å². The van der Waals surface area contributed by atoms with E-state index in [0.29, 0.717) is 11.7 Å². The van der Waals surface area contributed by atoms with Crippen LogP contribution in [0.15, 0.2) is 17.0 Å². The fourth-order valence-electron chi connectivity index (χ4n) is 2.38. The Kier molecular flexibility index (Phi) is 4.10. The second kappa shape index (κ2) is 5.49. The summed E-state index contributed by atoms with van der Waals surface area (Å²) in [5.74, 6) is 1.17. The van der Waals surface area contributed by atoms with E-state index >= 15 is 0 Å². The number of ether oxygens (including phenoxy) is 2. The first-order chi connectivity index (χ1) is 9.37. The van der Waals surface area contributed by atoms with Gasteiger partial charge in [-0.1, -0.05) is 6.92 Å². The molecule has 0 saturated heterocycles. The van der Waals surface area contributed by atoms with Crippen LogP contribution in [0, 0.1) is 5.92 Å². The molecular formula is C13H20N2O4S. The maximum atomic E-state index is 12.4. The van der Waals surface area contributed by atoms with Crippen molar-refractivity contribution < 1.29 is 17.9 Å². The first-order valence-electron chi connectivity index (χ1n) is 6.41. The third-order valence-corrected chi connectivity index (χ3v) is 5.04. The molecule has 0 aliphatic heterocycles. The molecular weight excluding hydrogens is 280 g/mol. The number of hydrogen-bond donors (Lipinski definition) is 2. The van der Waals surface area contributed by atoms with Crippen molar-refractivity contribution in [1.82, 2.24) is 4.72 Å². The third-order valence-electron chi connectivity index (χ3n) is 3.50. The molecule has 0 radical (unpaired) electrons. The van der Waals surface area contributed by atoms with E-state index in [1.54, 1.807) is 0 Å². The summed E-state index contributed by atoms with van der Waals surface area (Å²) in [6.45, 7) is 2.09. The molecule has 6 nitrogen and oxygen atoms in total. The number of sulfonamides is 1. The quantitative estimate of drug-likeness (QED) is 0.801. The third kappa shape index (κ3) is 2.83. The molecule has 0 spiro atoms. The van der Waals surface area contributed by atoms with E-state index in [1.807, 2.05) is 0 Å². The highest BCUT2D eigenvalue weighted by molar-refractivity contribution is 7.89. The predicted molar refractivity (Wildman–Crippen MR) is 76.5 cm³/mol. The number of methoxy groups -OCH3 is 2. The van der Waals surface area contributed by atoms with Gasteiger partial charge in [0.15, 0.2) is 0 Å². The molecule has 0 aromatic heterocycles. The summed E-state index contributed by atoms with van der Waals surface area (Å²) in [6.07, 6.45) is 1.71. The fraction of sp³-hybridized carbons (Fsp3) is 0.538. The van der Waals surface area contributed by atoms with Gasteiger partial charge in [-0.2, -0.15) is 0 Å². The van der Waals surface area contributed by atoms with Crippen molar-refractivity contribution in [3.8, 4) is 11.5 Å². The molecule has 2 rings (SSSR count). The number of hydrogen-bond acceptors (Lipinski definition) is 5. The van der Waals surface area contributed by atoms with Crippen LogP contribution in [-0.4, -0.2) is 28.7 Å². The molecule has 112 valence electrons. The molecule has 0 amide bonds. The molecule has 1 saturated carbocycles. The summed E-state index contributed by atoms with van der Waals surface area (Å²) >= 11 is 0. The van der Waals surface area contributed by atoms with Crippen LogP contribution in [-0.2, 0) is 10.0 Å². The van der Waals surface area contributed by atoms with Gasteiger partial charge >= 0.3 is 0 Å². The van der Waals surface area contributed by atoms with Gasteiger partial charge in [0.05, 0.1) is 19.9 Å². The molecule has 0 atom stereocenters. The monoisotopic (exact) mass is 300 g/mol. The Balaban J connectivity index is 2.32. The van der Waals surface area contributed by atoms with E-state index in [9.17, 15) is 8.42 Å². The summed E-state index contributed by atoms with van der Waals surface area (Å²) < 4.78 is 37.6. The van der Waals surface area contributed by atoms with Gasteiger partial charge in [-0.3, -0.25) is 0 Å². The lowest BCUT2D eigenvalue weighted by atomic mass is 9.83. The highest BCUT2D eigenvalue weighted by Gasteiger charge is 2.31. The largest absolute Gasteiger partial charge is 0.495 e. The van der Waals surface area contributed by atoms with Gasteiger partial charge in [0.1, 0.15) is 16.4 Å². The van der Waals surface area contributed by atoms with Crippen LogP contribution < -0.4 is 19.9 Å². The maximum Gasteiger partial charge on any atom is 0.244 e. The Morgan fingerprint density at radius 3 is 2.30 bits per heavy atom. The number of nitrogens with one attached hydrogen (secondary N) is 1. The number of benzene rings is 1. The predicted octanol–water partition coefficient (Wildman–Crippen LogP) is 1.36. The first kappa shape index (κ1) is 14.9. The zero-order valence-electron chi connectivity index (χ0n) is 11.8. The minimum absolute atomic E-state index is 0.0111. The van der Waals surface area contributed by atoms with Crippen LogP contribution in [0.25, 0.3) is 0 Å². The van der Waals surface area contributed by atoms with E-state index in [2.05, 4.69) is 11.6 Å². The first-order valence-corrected chi connectivity index (χ1v) is 7.89. The molecule has 1 aromatic rings. The van der Waals surface area contributed by atoms with E-state index < -0.39 is 10.0 Å². The van der Waals surface area contributed by atoms with Gasteiger partial charge < -0.3 is 15.2 Å². The summed E-state index contributed by atoms with van der Waals surface area (Å²) in [7, 11) is -0.767. The minimum Gasteiger partial charge on any atom is -0.495 e. The van der Waals surface area contributed by atoms with Gasteiger partial charge in [0, 0.05) is 12.1 Å². The molecule has 0 heterocycles. The van der Waals surface area contributed by atoms with Crippen molar-refractivity contribution >= 4 is 15.7 Å². The van der Waals surface area contributed by atoms with Crippen molar-refractivity contribution in [2.45, 2.75) is 30.7 Å². The average Bonchev–Trinajstić information content (AvgIpc) is 2.36. The summed E-state index contributed by atoms with van der Waals surface area (Å²) in [5, 5.41) is 0. The molecule has 3 N–H and O–H groups in total. The molecule has 1 aromatic carbocycles. The normalized spacial score (nSPS) is 22.1. The Labute approximate surface area is 119 Å². The lowest BCUT2D eigenvalue weighted by Crippen LogP contribution is -2.43. The SMILES string of the molecule is COc1cc(OC)c(S(=O)(=O)NC2CC(C)C2)cc1N. The number of nitrogens with two attached hydrogens (primary N) is 1. The zero-order valence-corrected chi connectivity index (χ0v) is 12.7. The zero-order chi connectivity index (χ0) is 14.9. The topological polar surface area (TPSA) is 90.6 Å². The summed E-state index contributed by atoms with van der Waals surface area (Å²) in [5.41, 5.74) is 6.04. The standard InChI is InChI=1S/C13H20N2O4S/c1-8-4-9(5-8)15-20(16,17)13-6-10(14)11(18-2)7-12(13)19-3/h6-9,15H,4-5,14H2,1-3H3. The average molecular weight is 300 g/mol. The van der Waals surface area contributed by atoms with E-state index in [-0.39, 0.29) is 22.4 Å². The maximum absolute atomic E-state index is 12.4. The number of rotatable bonds is 5. The second-order valence-corrected chi connectivity index (χ2v) is 6.82.